The highest BCUT2D eigenvalue weighted by atomic mass is 79.9. The van der Waals surface area contributed by atoms with Gasteiger partial charge in [0.25, 0.3) is 0 Å². The zero-order chi connectivity index (χ0) is 23.7. The Labute approximate surface area is 214 Å². The Balaban J connectivity index is 1.67. The highest BCUT2D eigenvalue weighted by Crippen LogP contribution is 2.56. The van der Waals surface area contributed by atoms with Gasteiger partial charge in [0, 0.05) is 11.1 Å². The third-order valence-corrected chi connectivity index (χ3v) is 7.20. The topological polar surface area (TPSA) is 31.6 Å². The van der Waals surface area contributed by atoms with Gasteiger partial charge in [-0.05, 0) is 86.8 Å². The number of benzene rings is 3. The Morgan fingerprint density at radius 3 is 2.32 bits per heavy atom. The quantitative estimate of drug-likeness (QED) is 0.228. The molecule has 0 spiro atoms. The minimum Gasteiger partial charge on any atom is -0.494 e. The number of hydrogen-bond acceptors (Lipinski definition) is 3. The second-order valence-corrected chi connectivity index (χ2v) is 9.53. The van der Waals surface area contributed by atoms with E-state index >= 15 is 0 Å². The zero-order valence-corrected chi connectivity index (χ0v) is 21.5. The summed E-state index contributed by atoms with van der Waals surface area (Å²) in [4.78, 5) is 0. The van der Waals surface area contributed by atoms with E-state index in [2.05, 4.69) is 31.9 Å². The lowest BCUT2D eigenvalue weighted by Crippen LogP contribution is -2.33. The van der Waals surface area contributed by atoms with Crippen molar-refractivity contribution in [2.24, 2.45) is 0 Å². The Morgan fingerprint density at radius 1 is 0.941 bits per heavy atom. The van der Waals surface area contributed by atoms with Gasteiger partial charge in [-0.2, -0.15) is 0 Å². The number of hydrogen-bond donors (Lipinski definition) is 0. The van der Waals surface area contributed by atoms with E-state index in [4.69, 9.17) is 13.9 Å². The summed E-state index contributed by atoms with van der Waals surface area (Å²) in [5.41, 5.74) is 2.70. The van der Waals surface area contributed by atoms with Crippen LogP contribution < -0.4 is 4.74 Å². The van der Waals surface area contributed by atoms with Crippen LogP contribution in [0.1, 0.15) is 29.5 Å². The molecule has 5 rings (SSSR count). The summed E-state index contributed by atoms with van der Waals surface area (Å²) in [6.45, 7) is 2.56. The van der Waals surface area contributed by atoms with Crippen LogP contribution in [0, 0.1) is 5.82 Å². The number of furan rings is 1. The van der Waals surface area contributed by atoms with Crippen LogP contribution in [-0.2, 0) is 10.3 Å². The molecule has 34 heavy (non-hydrogen) atoms. The average molecular weight is 584 g/mol. The molecule has 0 saturated heterocycles. The second-order valence-electron chi connectivity index (χ2n) is 7.95. The first-order valence-electron chi connectivity index (χ1n) is 10.9. The Bertz CT molecular complexity index is 1310. The fourth-order valence-corrected chi connectivity index (χ4v) is 5.69. The molecule has 3 aromatic carbocycles. The molecule has 3 nitrogen and oxygen atoms in total. The molecule has 1 aromatic heterocycles. The van der Waals surface area contributed by atoms with Crippen LogP contribution in [0.3, 0.4) is 0 Å². The summed E-state index contributed by atoms with van der Waals surface area (Å²) in [5, 5.41) is 0. The average Bonchev–Trinajstić information content (AvgIpc) is 3.41. The van der Waals surface area contributed by atoms with Gasteiger partial charge in [-0.15, -0.1) is 0 Å². The fraction of sp³-hybridized carbons (Fsp3) is 0.143. The first kappa shape index (κ1) is 22.9. The highest BCUT2D eigenvalue weighted by Gasteiger charge is 2.51. The Hall–Kier alpha value is -2.83. The van der Waals surface area contributed by atoms with Crippen molar-refractivity contribution in [2.75, 3.05) is 6.61 Å². The van der Waals surface area contributed by atoms with E-state index in [1.807, 2.05) is 67.6 Å². The molecule has 0 radical (unpaired) electrons. The van der Waals surface area contributed by atoms with Gasteiger partial charge >= 0.3 is 0 Å². The van der Waals surface area contributed by atoms with Gasteiger partial charge < -0.3 is 13.9 Å². The van der Waals surface area contributed by atoms with Gasteiger partial charge in [0.05, 0.1) is 28.8 Å². The van der Waals surface area contributed by atoms with Gasteiger partial charge in [0.15, 0.2) is 10.3 Å². The van der Waals surface area contributed by atoms with Crippen molar-refractivity contribution in [2.45, 2.75) is 18.4 Å². The number of rotatable bonds is 6. The summed E-state index contributed by atoms with van der Waals surface area (Å²) in [7, 11) is 0. The van der Waals surface area contributed by atoms with Crippen LogP contribution in [0.25, 0.3) is 11.3 Å². The van der Waals surface area contributed by atoms with Crippen molar-refractivity contribution in [3.8, 4) is 17.1 Å². The van der Waals surface area contributed by atoms with Crippen molar-refractivity contribution < 1.29 is 18.3 Å². The molecule has 1 aliphatic heterocycles. The minimum atomic E-state index is -0.927. The molecule has 0 fully saturated rings. The molecule has 0 N–H and O–H groups in total. The number of halogens is 3. The fourth-order valence-electron chi connectivity index (χ4n) is 4.46. The molecule has 2 heterocycles. The van der Waals surface area contributed by atoms with Gasteiger partial charge in [-0.25, -0.2) is 4.39 Å². The molecular formula is C28H21Br2FO3. The van der Waals surface area contributed by atoms with Crippen LogP contribution in [0.4, 0.5) is 4.39 Å². The van der Waals surface area contributed by atoms with E-state index in [9.17, 15) is 4.39 Å². The molecule has 0 aliphatic carbocycles. The monoisotopic (exact) mass is 582 g/mol. The van der Waals surface area contributed by atoms with Gasteiger partial charge in [-0.1, -0.05) is 42.5 Å². The summed E-state index contributed by atoms with van der Waals surface area (Å²) >= 11 is 7.37. The Morgan fingerprint density at radius 2 is 1.65 bits per heavy atom. The SMILES string of the molecule is CCOc1ccc(-c2occ(C3(c4ccccc4)OC(Br)=CC3c3ccc(F)cc3)c2Br)cc1. The maximum absolute atomic E-state index is 13.7. The van der Waals surface area contributed by atoms with E-state index in [1.165, 1.54) is 12.1 Å². The lowest BCUT2D eigenvalue weighted by molar-refractivity contribution is 0.0620. The Kier molecular flexibility index (Phi) is 6.36. The van der Waals surface area contributed by atoms with E-state index in [0.29, 0.717) is 17.0 Å². The van der Waals surface area contributed by atoms with Gasteiger partial charge in [0.1, 0.15) is 17.3 Å². The summed E-state index contributed by atoms with van der Waals surface area (Å²) in [6, 6.07) is 24.3. The summed E-state index contributed by atoms with van der Waals surface area (Å²) < 4.78 is 33.4. The van der Waals surface area contributed by atoms with E-state index in [0.717, 1.165) is 32.5 Å². The van der Waals surface area contributed by atoms with Crippen molar-refractivity contribution >= 4 is 31.9 Å². The maximum Gasteiger partial charge on any atom is 0.174 e. The molecule has 4 aromatic rings. The van der Waals surface area contributed by atoms with Crippen LogP contribution in [-0.4, -0.2) is 6.61 Å². The molecule has 2 unspecified atom stereocenters. The van der Waals surface area contributed by atoms with Crippen molar-refractivity contribution in [1.29, 1.82) is 0 Å². The van der Waals surface area contributed by atoms with E-state index in [-0.39, 0.29) is 11.7 Å². The number of ether oxygens (including phenoxy) is 2. The predicted octanol–water partition coefficient (Wildman–Crippen LogP) is 8.54. The second kappa shape index (κ2) is 9.43. The summed E-state index contributed by atoms with van der Waals surface area (Å²) in [5.74, 6) is 0.988. The third kappa shape index (κ3) is 3.99. The molecule has 0 bridgehead atoms. The van der Waals surface area contributed by atoms with Crippen LogP contribution in [0.2, 0.25) is 0 Å². The first-order valence-corrected chi connectivity index (χ1v) is 12.5. The lowest BCUT2D eigenvalue weighted by Gasteiger charge is -2.35. The van der Waals surface area contributed by atoms with Crippen molar-refractivity contribution in [1.82, 2.24) is 0 Å². The molecule has 2 atom stereocenters. The van der Waals surface area contributed by atoms with E-state index < -0.39 is 5.60 Å². The van der Waals surface area contributed by atoms with Crippen molar-refractivity contribution in [3.63, 3.8) is 0 Å². The third-order valence-electron chi connectivity index (χ3n) is 5.98. The predicted molar refractivity (Wildman–Crippen MR) is 137 cm³/mol. The standard InChI is InChI=1S/C28H21Br2FO3/c1-2-32-22-14-10-19(11-15-22)27-26(30)24(17-33-27)28(20-6-4-3-5-7-20)23(16-25(29)34-28)18-8-12-21(31)13-9-18/h3-17,23H,2H2,1H3. The molecule has 172 valence electrons. The summed E-state index contributed by atoms with van der Waals surface area (Å²) in [6.07, 6.45) is 3.75. The first-order chi connectivity index (χ1) is 16.5. The van der Waals surface area contributed by atoms with Gasteiger partial charge in [-0.3, -0.25) is 0 Å². The minimum absolute atomic E-state index is 0.230. The molecule has 1 aliphatic rings. The normalized spacial score (nSPS) is 19.5. The largest absolute Gasteiger partial charge is 0.494 e. The lowest BCUT2D eigenvalue weighted by atomic mass is 9.74. The van der Waals surface area contributed by atoms with Crippen LogP contribution >= 0.6 is 31.9 Å². The maximum atomic E-state index is 13.7. The molecule has 0 saturated carbocycles. The van der Waals surface area contributed by atoms with Gasteiger partial charge in [0.2, 0.25) is 0 Å². The molecule has 0 amide bonds. The molecule has 6 heteroatoms. The van der Waals surface area contributed by atoms with E-state index in [1.54, 1.807) is 18.4 Å². The zero-order valence-electron chi connectivity index (χ0n) is 18.3. The van der Waals surface area contributed by atoms with Crippen LogP contribution in [0.15, 0.2) is 105 Å². The molecular weight excluding hydrogens is 563 g/mol. The highest BCUT2D eigenvalue weighted by molar-refractivity contribution is 9.11. The van der Waals surface area contributed by atoms with Crippen molar-refractivity contribution in [3.05, 3.63) is 123 Å². The smallest absolute Gasteiger partial charge is 0.174 e. The van der Waals surface area contributed by atoms with Crippen LogP contribution in [0.5, 0.6) is 5.75 Å².